The largest absolute Gasteiger partial charge is 0.497 e. The van der Waals surface area contributed by atoms with Gasteiger partial charge in [0.05, 0.1) is 17.7 Å². The minimum absolute atomic E-state index is 0.0224. The predicted octanol–water partition coefficient (Wildman–Crippen LogP) is 5.06. The molecule has 8 nitrogen and oxygen atoms in total. The molecule has 3 aromatic carbocycles. The Morgan fingerprint density at radius 1 is 0.974 bits per heavy atom. The van der Waals surface area contributed by atoms with Crippen LogP contribution in [-0.4, -0.2) is 51.4 Å². The van der Waals surface area contributed by atoms with Crippen LogP contribution in [0.2, 0.25) is 10.0 Å². The molecule has 0 aliphatic heterocycles. The number of ether oxygens (including phenoxy) is 1. The van der Waals surface area contributed by atoms with Crippen LogP contribution in [0, 0.1) is 6.92 Å². The molecule has 11 heteroatoms. The molecule has 2 amide bonds. The van der Waals surface area contributed by atoms with Crippen LogP contribution in [0.25, 0.3) is 0 Å². The Labute approximate surface area is 239 Å². The van der Waals surface area contributed by atoms with Crippen molar-refractivity contribution in [1.29, 1.82) is 0 Å². The van der Waals surface area contributed by atoms with Crippen molar-refractivity contribution in [3.8, 4) is 5.75 Å². The van der Waals surface area contributed by atoms with E-state index in [4.69, 9.17) is 27.9 Å². The first-order valence-electron chi connectivity index (χ1n) is 12.2. The number of nitrogens with one attached hydrogen (secondary N) is 1. The number of likely N-dealkylation sites (N-methyl/N-ethyl adjacent to an activating group) is 1. The molecule has 0 heterocycles. The minimum atomic E-state index is -4.17. The number of methoxy groups -OCH3 is 1. The van der Waals surface area contributed by atoms with Crippen molar-refractivity contribution in [3.05, 3.63) is 87.9 Å². The van der Waals surface area contributed by atoms with Crippen molar-refractivity contribution in [2.24, 2.45) is 0 Å². The smallest absolute Gasteiger partial charge is 0.264 e. The Morgan fingerprint density at radius 2 is 1.56 bits per heavy atom. The number of hydrogen-bond acceptors (Lipinski definition) is 5. The molecule has 3 rings (SSSR count). The molecule has 39 heavy (non-hydrogen) atoms. The number of benzene rings is 3. The maximum absolute atomic E-state index is 13.9. The summed E-state index contributed by atoms with van der Waals surface area (Å²) in [6.07, 6.45) is 0. The van der Waals surface area contributed by atoms with Gasteiger partial charge in [-0.1, -0.05) is 47.0 Å². The third kappa shape index (κ3) is 7.23. The molecule has 0 aliphatic rings. The van der Waals surface area contributed by atoms with Gasteiger partial charge in [-0.3, -0.25) is 13.9 Å². The molecule has 0 aromatic heterocycles. The van der Waals surface area contributed by atoms with E-state index in [-0.39, 0.29) is 17.1 Å². The van der Waals surface area contributed by atoms with Crippen molar-refractivity contribution in [2.75, 3.05) is 24.5 Å². The maximum atomic E-state index is 13.9. The number of carbonyl (C=O) groups is 2. The van der Waals surface area contributed by atoms with Crippen LogP contribution in [0.15, 0.2) is 71.6 Å². The van der Waals surface area contributed by atoms with Gasteiger partial charge in [-0.15, -0.1) is 0 Å². The first kappa shape index (κ1) is 30.3. The minimum Gasteiger partial charge on any atom is -0.497 e. The maximum Gasteiger partial charge on any atom is 0.264 e. The van der Waals surface area contributed by atoms with Crippen molar-refractivity contribution in [3.63, 3.8) is 0 Å². The van der Waals surface area contributed by atoms with Crippen LogP contribution >= 0.6 is 23.2 Å². The van der Waals surface area contributed by atoms with Gasteiger partial charge in [-0.2, -0.15) is 0 Å². The van der Waals surface area contributed by atoms with Crippen molar-refractivity contribution in [1.82, 2.24) is 10.2 Å². The predicted molar refractivity (Wildman–Crippen MR) is 154 cm³/mol. The third-order valence-electron chi connectivity index (χ3n) is 6.16. The van der Waals surface area contributed by atoms with Crippen molar-refractivity contribution < 1.29 is 22.7 Å². The summed E-state index contributed by atoms with van der Waals surface area (Å²) in [5.74, 6) is -0.486. The summed E-state index contributed by atoms with van der Waals surface area (Å²) in [6.45, 7) is 4.87. The van der Waals surface area contributed by atoms with E-state index in [0.29, 0.717) is 27.9 Å². The summed E-state index contributed by atoms with van der Waals surface area (Å²) in [6, 6.07) is 16.7. The second-order valence-electron chi connectivity index (χ2n) is 8.82. The molecular formula is C28H31Cl2N3O5S. The summed E-state index contributed by atoms with van der Waals surface area (Å²) in [5, 5.41) is 3.35. The van der Waals surface area contributed by atoms with Gasteiger partial charge in [-0.05, 0) is 69.3 Å². The first-order valence-corrected chi connectivity index (χ1v) is 14.4. The number of halogens is 2. The van der Waals surface area contributed by atoms with Crippen LogP contribution in [0.1, 0.15) is 25.0 Å². The zero-order valence-electron chi connectivity index (χ0n) is 22.1. The van der Waals surface area contributed by atoms with Gasteiger partial charge in [0.1, 0.15) is 18.3 Å². The second-order valence-corrected chi connectivity index (χ2v) is 11.5. The van der Waals surface area contributed by atoms with E-state index in [0.717, 1.165) is 9.87 Å². The molecule has 0 saturated carbocycles. The molecule has 0 unspecified atom stereocenters. The van der Waals surface area contributed by atoms with Gasteiger partial charge in [0, 0.05) is 28.7 Å². The molecule has 1 atom stereocenters. The summed E-state index contributed by atoms with van der Waals surface area (Å²) in [4.78, 5) is 28.0. The highest BCUT2D eigenvalue weighted by atomic mass is 35.5. The van der Waals surface area contributed by atoms with E-state index in [2.05, 4.69) is 5.32 Å². The molecule has 0 saturated heterocycles. The molecule has 0 bridgehead atoms. The molecule has 0 aliphatic carbocycles. The quantitative estimate of drug-likeness (QED) is 0.336. The second kappa shape index (κ2) is 13.2. The fourth-order valence-electron chi connectivity index (χ4n) is 3.87. The number of rotatable bonds is 11. The number of aryl methyl sites for hydroxylation is 1. The summed E-state index contributed by atoms with van der Waals surface area (Å²) >= 11 is 12.8. The Hall–Kier alpha value is -3.27. The number of carbonyl (C=O) groups excluding carboxylic acids is 2. The molecule has 0 fully saturated rings. The molecule has 1 N–H and O–H groups in total. The van der Waals surface area contributed by atoms with Gasteiger partial charge in [0.25, 0.3) is 10.0 Å². The molecule has 0 radical (unpaired) electrons. The Bertz CT molecular complexity index is 1390. The van der Waals surface area contributed by atoms with Crippen LogP contribution in [0.5, 0.6) is 5.75 Å². The van der Waals surface area contributed by atoms with E-state index in [1.807, 2.05) is 6.92 Å². The highest BCUT2D eigenvalue weighted by Crippen LogP contribution is 2.29. The van der Waals surface area contributed by atoms with Gasteiger partial charge in [0.2, 0.25) is 11.8 Å². The lowest BCUT2D eigenvalue weighted by Crippen LogP contribution is -2.51. The van der Waals surface area contributed by atoms with E-state index in [1.165, 1.54) is 24.1 Å². The Kier molecular flexibility index (Phi) is 10.2. The SMILES string of the molecule is CCNC(=O)[C@@H](C)N(Cc1c(Cl)cccc1Cl)C(=O)CN(c1ccc(OC)cc1)S(=O)(=O)c1ccc(C)cc1. The zero-order valence-corrected chi connectivity index (χ0v) is 24.5. The van der Waals surface area contributed by atoms with Gasteiger partial charge in [-0.25, -0.2) is 8.42 Å². The number of anilines is 1. The van der Waals surface area contributed by atoms with Crippen LogP contribution in [-0.2, 0) is 26.2 Å². The zero-order chi connectivity index (χ0) is 28.7. The lowest BCUT2D eigenvalue weighted by Gasteiger charge is -2.32. The van der Waals surface area contributed by atoms with Crippen molar-refractivity contribution in [2.45, 2.75) is 38.3 Å². The van der Waals surface area contributed by atoms with E-state index >= 15 is 0 Å². The average Bonchev–Trinajstić information content (AvgIpc) is 2.91. The van der Waals surface area contributed by atoms with E-state index in [1.54, 1.807) is 68.4 Å². The van der Waals surface area contributed by atoms with E-state index in [9.17, 15) is 18.0 Å². The fourth-order valence-corrected chi connectivity index (χ4v) is 5.80. The van der Waals surface area contributed by atoms with Crippen molar-refractivity contribution >= 4 is 50.7 Å². The topological polar surface area (TPSA) is 96.0 Å². The summed E-state index contributed by atoms with van der Waals surface area (Å²) in [7, 11) is -2.67. The average molecular weight is 593 g/mol. The fraction of sp³-hybridized carbons (Fsp3) is 0.286. The lowest BCUT2D eigenvalue weighted by molar-refractivity contribution is -0.139. The Balaban J connectivity index is 2.07. The van der Waals surface area contributed by atoms with Crippen LogP contribution in [0.4, 0.5) is 5.69 Å². The Morgan fingerprint density at radius 3 is 2.10 bits per heavy atom. The normalized spacial score (nSPS) is 11.9. The van der Waals surface area contributed by atoms with Gasteiger partial charge >= 0.3 is 0 Å². The standard InChI is InChI=1S/C28H31Cl2N3O5S/c1-5-31-28(35)20(3)32(17-24-25(29)7-6-8-26(24)30)27(34)18-33(21-11-13-22(38-4)14-12-21)39(36,37)23-15-9-19(2)10-16-23/h6-16,20H,5,17-18H2,1-4H3,(H,31,35)/t20-/m1/s1. The lowest BCUT2D eigenvalue weighted by atomic mass is 10.1. The molecule has 0 spiro atoms. The number of nitrogens with zero attached hydrogens (tertiary/aromatic N) is 2. The summed E-state index contributed by atoms with van der Waals surface area (Å²) in [5.41, 5.74) is 1.59. The monoisotopic (exact) mass is 591 g/mol. The number of sulfonamides is 1. The number of amides is 2. The van der Waals surface area contributed by atoms with E-state index < -0.39 is 34.4 Å². The van der Waals surface area contributed by atoms with Crippen LogP contribution < -0.4 is 14.4 Å². The highest BCUT2D eigenvalue weighted by molar-refractivity contribution is 7.92. The van der Waals surface area contributed by atoms with Crippen LogP contribution in [0.3, 0.4) is 0 Å². The third-order valence-corrected chi connectivity index (χ3v) is 8.65. The molecular weight excluding hydrogens is 561 g/mol. The summed E-state index contributed by atoms with van der Waals surface area (Å²) < 4.78 is 33.9. The first-order chi connectivity index (χ1) is 18.5. The van der Waals surface area contributed by atoms with Gasteiger partial charge < -0.3 is 15.0 Å². The number of hydrogen-bond donors (Lipinski definition) is 1. The molecule has 3 aromatic rings. The highest BCUT2D eigenvalue weighted by Gasteiger charge is 2.33. The van der Waals surface area contributed by atoms with Gasteiger partial charge in [0.15, 0.2) is 0 Å². The molecule has 208 valence electrons.